The van der Waals surface area contributed by atoms with Crippen molar-refractivity contribution in [3.05, 3.63) is 0 Å². The minimum absolute atomic E-state index is 0.683. The molecular formula is C9H18BrNO. The van der Waals surface area contributed by atoms with Crippen LogP contribution < -0.4 is 0 Å². The highest BCUT2D eigenvalue weighted by Gasteiger charge is 2.21. The second kappa shape index (κ2) is 5.95. The molecule has 0 bridgehead atoms. The molecule has 0 aliphatic carbocycles. The molecule has 3 heteroatoms. The molecule has 0 aromatic rings. The quantitative estimate of drug-likeness (QED) is 0.676. The molecule has 0 saturated carbocycles. The van der Waals surface area contributed by atoms with Crippen molar-refractivity contribution in [2.75, 3.05) is 31.6 Å². The predicted octanol–water partition coefficient (Wildman–Crippen LogP) is 1.88. The van der Waals surface area contributed by atoms with E-state index >= 15 is 0 Å². The van der Waals surface area contributed by atoms with E-state index in [4.69, 9.17) is 4.74 Å². The molecule has 12 heavy (non-hydrogen) atoms. The van der Waals surface area contributed by atoms with Gasteiger partial charge in [-0.3, -0.25) is 4.90 Å². The Hall–Kier alpha value is 0.400. The minimum Gasteiger partial charge on any atom is -0.380 e. The number of alkyl halides is 1. The molecule has 0 aromatic heterocycles. The van der Waals surface area contributed by atoms with E-state index in [1.807, 2.05) is 0 Å². The molecule has 1 atom stereocenters. The molecule has 1 rings (SSSR count). The SMILES string of the molecule is CCCN(CCBr)C1CCOC1. The van der Waals surface area contributed by atoms with Gasteiger partial charge in [0.2, 0.25) is 0 Å². The summed E-state index contributed by atoms with van der Waals surface area (Å²) in [6, 6.07) is 0.683. The monoisotopic (exact) mass is 235 g/mol. The van der Waals surface area contributed by atoms with E-state index in [1.54, 1.807) is 0 Å². The lowest BCUT2D eigenvalue weighted by Gasteiger charge is -2.26. The first-order valence-electron chi connectivity index (χ1n) is 4.76. The molecule has 0 amide bonds. The van der Waals surface area contributed by atoms with Gasteiger partial charge in [-0.15, -0.1) is 0 Å². The van der Waals surface area contributed by atoms with Gasteiger partial charge in [0.15, 0.2) is 0 Å². The molecule has 0 radical (unpaired) electrons. The minimum atomic E-state index is 0.683. The van der Waals surface area contributed by atoms with E-state index in [9.17, 15) is 0 Å². The third-order valence-corrected chi connectivity index (χ3v) is 2.66. The van der Waals surface area contributed by atoms with Crippen molar-refractivity contribution in [2.45, 2.75) is 25.8 Å². The molecule has 72 valence electrons. The molecule has 1 fully saturated rings. The van der Waals surface area contributed by atoms with Crippen molar-refractivity contribution in [3.8, 4) is 0 Å². The third-order valence-electron chi connectivity index (χ3n) is 2.30. The van der Waals surface area contributed by atoms with Gasteiger partial charge in [-0.25, -0.2) is 0 Å². The molecule has 0 spiro atoms. The van der Waals surface area contributed by atoms with Crippen LogP contribution in [0.2, 0.25) is 0 Å². The number of nitrogens with zero attached hydrogens (tertiary/aromatic N) is 1. The maximum Gasteiger partial charge on any atom is 0.0622 e. The molecule has 1 aliphatic rings. The van der Waals surface area contributed by atoms with Crippen molar-refractivity contribution in [1.29, 1.82) is 0 Å². The molecule has 1 heterocycles. The first kappa shape index (κ1) is 10.5. The van der Waals surface area contributed by atoms with Crippen molar-refractivity contribution in [3.63, 3.8) is 0 Å². The molecule has 0 aromatic carbocycles. The maximum atomic E-state index is 5.37. The lowest BCUT2D eigenvalue weighted by atomic mass is 10.2. The molecule has 2 nitrogen and oxygen atoms in total. The third kappa shape index (κ3) is 3.04. The first-order chi connectivity index (χ1) is 5.88. The van der Waals surface area contributed by atoms with Crippen LogP contribution in [0.4, 0.5) is 0 Å². The van der Waals surface area contributed by atoms with Crippen LogP contribution in [0.25, 0.3) is 0 Å². The summed E-state index contributed by atoms with van der Waals surface area (Å²) in [6.45, 7) is 6.48. The van der Waals surface area contributed by atoms with E-state index < -0.39 is 0 Å². The lowest BCUT2D eigenvalue weighted by Crippen LogP contribution is -2.37. The molecule has 1 saturated heterocycles. The van der Waals surface area contributed by atoms with Crippen molar-refractivity contribution in [2.24, 2.45) is 0 Å². The Morgan fingerprint density at radius 3 is 2.83 bits per heavy atom. The molecular weight excluding hydrogens is 218 g/mol. The number of rotatable bonds is 5. The smallest absolute Gasteiger partial charge is 0.0622 e. The van der Waals surface area contributed by atoms with Gasteiger partial charge >= 0.3 is 0 Å². The molecule has 1 aliphatic heterocycles. The Balaban J connectivity index is 2.29. The fourth-order valence-electron chi connectivity index (χ4n) is 1.68. The maximum absolute atomic E-state index is 5.37. The average Bonchev–Trinajstić information content (AvgIpc) is 2.56. The summed E-state index contributed by atoms with van der Waals surface area (Å²) in [5.74, 6) is 0. The molecule has 0 N–H and O–H groups in total. The van der Waals surface area contributed by atoms with Crippen molar-refractivity contribution in [1.82, 2.24) is 4.90 Å². The van der Waals surface area contributed by atoms with Gasteiger partial charge in [0.1, 0.15) is 0 Å². The van der Waals surface area contributed by atoms with Crippen molar-refractivity contribution < 1.29 is 4.74 Å². The fourth-order valence-corrected chi connectivity index (χ4v) is 2.14. The van der Waals surface area contributed by atoms with E-state index in [0.29, 0.717) is 6.04 Å². The second-order valence-corrected chi connectivity index (χ2v) is 4.04. The lowest BCUT2D eigenvalue weighted by molar-refractivity contribution is 0.148. The van der Waals surface area contributed by atoms with Crippen LogP contribution in [0.5, 0.6) is 0 Å². The van der Waals surface area contributed by atoms with Crippen LogP contribution in [0.3, 0.4) is 0 Å². The predicted molar refractivity (Wildman–Crippen MR) is 54.9 cm³/mol. The van der Waals surface area contributed by atoms with Gasteiger partial charge < -0.3 is 4.74 Å². The summed E-state index contributed by atoms with van der Waals surface area (Å²) in [4.78, 5) is 2.53. The Morgan fingerprint density at radius 1 is 1.50 bits per heavy atom. The summed E-state index contributed by atoms with van der Waals surface area (Å²) in [5.41, 5.74) is 0. The van der Waals surface area contributed by atoms with Gasteiger partial charge in [0.25, 0.3) is 0 Å². The highest BCUT2D eigenvalue weighted by Crippen LogP contribution is 2.12. The van der Waals surface area contributed by atoms with Gasteiger partial charge in [-0.1, -0.05) is 22.9 Å². The van der Waals surface area contributed by atoms with Crippen LogP contribution in [0, 0.1) is 0 Å². The summed E-state index contributed by atoms with van der Waals surface area (Å²) in [7, 11) is 0. The van der Waals surface area contributed by atoms with Gasteiger partial charge in [0.05, 0.1) is 6.61 Å². The number of hydrogen-bond donors (Lipinski definition) is 0. The van der Waals surface area contributed by atoms with Crippen LogP contribution >= 0.6 is 15.9 Å². The Morgan fingerprint density at radius 2 is 2.33 bits per heavy atom. The number of hydrogen-bond acceptors (Lipinski definition) is 2. The van der Waals surface area contributed by atoms with Crippen molar-refractivity contribution >= 4 is 15.9 Å². The van der Waals surface area contributed by atoms with Crippen LogP contribution in [0.1, 0.15) is 19.8 Å². The highest BCUT2D eigenvalue weighted by molar-refractivity contribution is 9.09. The number of halogens is 1. The fraction of sp³-hybridized carbons (Fsp3) is 1.00. The zero-order valence-corrected chi connectivity index (χ0v) is 9.35. The van der Waals surface area contributed by atoms with E-state index in [1.165, 1.54) is 19.4 Å². The Labute approximate surface area is 83.4 Å². The zero-order valence-electron chi connectivity index (χ0n) is 7.76. The Bertz CT molecular complexity index is 109. The topological polar surface area (TPSA) is 12.5 Å². The average molecular weight is 236 g/mol. The van der Waals surface area contributed by atoms with Gasteiger partial charge in [-0.05, 0) is 19.4 Å². The van der Waals surface area contributed by atoms with Crippen LogP contribution in [0.15, 0.2) is 0 Å². The van der Waals surface area contributed by atoms with Crippen LogP contribution in [-0.4, -0.2) is 42.6 Å². The normalized spacial score (nSPS) is 23.8. The first-order valence-corrected chi connectivity index (χ1v) is 5.88. The van der Waals surface area contributed by atoms with Crippen LogP contribution in [-0.2, 0) is 4.74 Å². The zero-order chi connectivity index (χ0) is 8.81. The molecule has 1 unspecified atom stereocenters. The van der Waals surface area contributed by atoms with E-state index in [0.717, 1.165) is 25.1 Å². The standard InChI is InChI=1S/C9H18BrNO/c1-2-5-11(6-4-10)9-3-7-12-8-9/h9H,2-8H2,1H3. The van der Waals surface area contributed by atoms with E-state index in [-0.39, 0.29) is 0 Å². The Kier molecular flexibility index (Phi) is 5.19. The highest BCUT2D eigenvalue weighted by atomic mass is 79.9. The van der Waals surface area contributed by atoms with E-state index in [2.05, 4.69) is 27.8 Å². The number of ether oxygens (including phenoxy) is 1. The second-order valence-electron chi connectivity index (χ2n) is 3.24. The summed E-state index contributed by atoms with van der Waals surface area (Å²) in [5, 5.41) is 1.07. The summed E-state index contributed by atoms with van der Waals surface area (Å²) in [6.07, 6.45) is 2.45. The largest absolute Gasteiger partial charge is 0.380 e. The van der Waals surface area contributed by atoms with Gasteiger partial charge in [0, 0.05) is 24.5 Å². The summed E-state index contributed by atoms with van der Waals surface area (Å²) >= 11 is 3.48. The van der Waals surface area contributed by atoms with Gasteiger partial charge in [-0.2, -0.15) is 0 Å². The summed E-state index contributed by atoms with van der Waals surface area (Å²) < 4.78 is 5.37.